The van der Waals surface area contributed by atoms with E-state index in [0.717, 1.165) is 19.3 Å². The minimum absolute atomic E-state index is 0.0519. The smallest absolute Gasteiger partial charge is 0.261 e. The number of rotatable bonds is 10. The topological polar surface area (TPSA) is 55.6 Å². The van der Waals surface area contributed by atoms with Gasteiger partial charge in [0.05, 0.1) is 13.0 Å². The largest absolute Gasteiger partial charge is 0.375 e. The van der Waals surface area contributed by atoms with Gasteiger partial charge in [0.15, 0.2) is 0 Å². The monoisotopic (exact) mass is 252 g/mol. The molecule has 0 aromatic carbocycles. The summed E-state index contributed by atoms with van der Waals surface area (Å²) in [6.45, 7) is 0.788. The molecule has 0 saturated carbocycles. The summed E-state index contributed by atoms with van der Waals surface area (Å²) in [6.07, 6.45) is 0.548. The molecular weight excluding hydrogens is 230 g/mol. The molecule has 0 bridgehead atoms. The Morgan fingerprint density at radius 3 is 2.65 bits per heavy atom. The zero-order valence-corrected chi connectivity index (χ0v) is 10.3. The van der Waals surface area contributed by atoms with Crippen LogP contribution in [0, 0.1) is 0 Å². The molecule has 1 amide bonds. The molecule has 0 fully saturated rings. The molecule has 0 aliphatic heterocycles. The Balaban J connectivity index is 3.47. The average Bonchev–Trinajstić information content (AvgIpc) is 2.29. The summed E-state index contributed by atoms with van der Waals surface area (Å²) in [5, 5.41) is 0. The van der Waals surface area contributed by atoms with Gasteiger partial charge in [-0.25, -0.2) is 8.78 Å². The fourth-order valence-corrected chi connectivity index (χ4v) is 1.32. The number of nitrogens with zero attached hydrogens (tertiary/aromatic N) is 1. The summed E-state index contributed by atoms with van der Waals surface area (Å²) in [6, 6.07) is 0. The highest BCUT2D eigenvalue weighted by Gasteiger charge is 2.09. The molecule has 0 rings (SSSR count). The third-order valence-electron chi connectivity index (χ3n) is 2.33. The Kier molecular flexibility index (Phi) is 9.95. The van der Waals surface area contributed by atoms with Crippen molar-refractivity contribution < 1.29 is 18.3 Å². The van der Waals surface area contributed by atoms with E-state index in [1.165, 1.54) is 0 Å². The molecule has 0 radical (unpaired) electrons. The first-order valence-corrected chi connectivity index (χ1v) is 5.88. The molecule has 102 valence electrons. The minimum atomic E-state index is -2.47. The number of carbonyl (C=O) groups excluding carboxylic acids is 1. The van der Waals surface area contributed by atoms with Gasteiger partial charge in [-0.2, -0.15) is 0 Å². The molecule has 0 spiro atoms. The van der Waals surface area contributed by atoms with Crippen molar-refractivity contribution in [2.45, 2.75) is 32.1 Å². The number of nitrogens with two attached hydrogens (primary N) is 1. The van der Waals surface area contributed by atoms with E-state index in [0.29, 0.717) is 13.1 Å². The van der Waals surface area contributed by atoms with Gasteiger partial charge in [-0.1, -0.05) is 6.42 Å². The van der Waals surface area contributed by atoms with Crippen LogP contribution in [0.25, 0.3) is 0 Å². The van der Waals surface area contributed by atoms with Gasteiger partial charge in [0.2, 0.25) is 5.91 Å². The first-order valence-electron chi connectivity index (χ1n) is 5.88. The second kappa shape index (κ2) is 10.4. The molecule has 4 nitrogen and oxygen atoms in total. The Hall–Kier alpha value is -0.750. The van der Waals surface area contributed by atoms with Crippen LogP contribution in [-0.4, -0.2) is 50.6 Å². The quantitative estimate of drug-likeness (QED) is 0.595. The normalized spacial score (nSPS) is 10.9. The number of carbonyl (C=O) groups is 1. The Labute approximate surface area is 101 Å². The molecule has 0 aromatic rings. The van der Waals surface area contributed by atoms with E-state index < -0.39 is 13.0 Å². The van der Waals surface area contributed by atoms with E-state index >= 15 is 0 Å². The van der Waals surface area contributed by atoms with Crippen molar-refractivity contribution in [2.75, 3.05) is 33.4 Å². The summed E-state index contributed by atoms with van der Waals surface area (Å²) in [5.41, 5.74) is 5.35. The van der Waals surface area contributed by atoms with Gasteiger partial charge >= 0.3 is 0 Å². The molecule has 6 heteroatoms. The highest BCUT2D eigenvalue weighted by molar-refractivity contribution is 5.75. The van der Waals surface area contributed by atoms with E-state index in [1.54, 1.807) is 11.9 Å². The van der Waals surface area contributed by atoms with Gasteiger partial charge in [-0.05, 0) is 19.4 Å². The van der Waals surface area contributed by atoms with E-state index in [4.69, 9.17) is 5.73 Å². The lowest BCUT2D eigenvalue weighted by Crippen LogP contribution is -2.28. The summed E-state index contributed by atoms with van der Waals surface area (Å²) >= 11 is 0. The zero-order chi connectivity index (χ0) is 13.1. The molecule has 17 heavy (non-hydrogen) atoms. The van der Waals surface area contributed by atoms with Crippen molar-refractivity contribution in [3.05, 3.63) is 0 Å². The van der Waals surface area contributed by atoms with Gasteiger partial charge in [-0.15, -0.1) is 0 Å². The molecule has 2 N–H and O–H groups in total. The van der Waals surface area contributed by atoms with Crippen LogP contribution in [0.15, 0.2) is 0 Å². The van der Waals surface area contributed by atoms with Gasteiger partial charge in [0.1, 0.15) is 6.61 Å². The molecule has 0 unspecified atom stereocenters. The number of halogens is 2. The van der Waals surface area contributed by atoms with Crippen LogP contribution in [0.1, 0.15) is 25.7 Å². The average molecular weight is 252 g/mol. The SMILES string of the molecule is CN(CCCCCN)C(=O)CCOCC(F)F. The van der Waals surface area contributed by atoms with Crippen LogP contribution in [0.3, 0.4) is 0 Å². The van der Waals surface area contributed by atoms with Crippen molar-refractivity contribution in [3.8, 4) is 0 Å². The molecule has 0 aliphatic rings. The summed E-state index contributed by atoms with van der Waals surface area (Å²) in [5.74, 6) is -0.0768. The maximum atomic E-state index is 11.7. The summed E-state index contributed by atoms with van der Waals surface area (Å²) < 4.78 is 28.1. The zero-order valence-electron chi connectivity index (χ0n) is 10.3. The van der Waals surface area contributed by atoms with Gasteiger partial charge in [0, 0.05) is 13.6 Å². The molecule has 0 aliphatic carbocycles. The number of hydrogen-bond acceptors (Lipinski definition) is 3. The maximum Gasteiger partial charge on any atom is 0.261 e. The predicted molar refractivity (Wildman–Crippen MR) is 62.0 cm³/mol. The Bertz CT molecular complexity index is 204. The third-order valence-corrected chi connectivity index (χ3v) is 2.33. The number of hydrogen-bond donors (Lipinski definition) is 1. The molecule has 0 saturated heterocycles. The van der Waals surface area contributed by atoms with Crippen LogP contribution in [0.2, 0.25) is 0 Å². The van der Waals surface area contributed by atoms with Crippen LogP contribution in [-0.2, 0) is 9.53 Å². The molecule has 0 heterocycles. The standard InChI is InChI=1S/C11H22F2N2O2/c1-15(7-4-2-3-6-14)11(16)5-8-17-9-10(12)13/h10H,2-9,14H2,1H3. The van der Waals surface area contributed by atoms with Crippen molar-refractivity contribution in [3.63, 3.8) is 0 Å². The Morgan fingerprint density at radius 2 is 2.06 bits per heavy atom. The fourth-order valence-electron chi connectivity index (χ4n) is 1.32. The lowest BCUT2D eigenvalue weighted by Gasteiger charge is -2.16. The van der Waals surface area contributed by atoms with Crippen LogP contribution in [0.5, 0.6) is 0 Å². The number of ether oxygens (including phenoxy) is 1. The van der Waals surface area contributed by atoms with Crippen molar-refractivity contribution in [2.24, 2.45) is 5.73 Å². The van der Waals surface area contributed by atoms with Crippen molar-refractivity contribution in [1.82, 2.24) is 4.90 Å². The lowest BCUT2D eigenvalue weighted by atomic mass is 10.2. The minimum Gasteiger partial charge on any atom is -0.375 e. The highest BCUT2D eigenvalue weighted by atomic mass is 19.3. The Morgan fingerprint density at radius 1 is 1.35 bits per heavy atom. The van der Waals surface area contributed by atoms with E-state index in [-0.39, 0.29) is 18.9 Å². The van der Waals surface area contributed by atoms with Gasteiger partial charge < -0.3 is 15.4 Å². The summed E-state index contributed by atoms with van der Waals surface area (Å²) in [7, 11) is 1.71. The number of amides is 1. The molecular formula is C11H22F2N2O2. The third kappa shape index (κ3) is 10.1. The van der Waals surface area contributed by atoms with Gasteiger partial charge in [-0.3, -0.25) is 4.79 Å². The maximum absolute atomic E-state index is 11.7. The van der Waals surface area contributed by atoms with Crippen LogP contribution < -0.4 is 5.73 Å². The second-order valence-corrected chi connectivity index (χ2v) is 3.88. The van der Waals surface area contributed by atoms with Crippen LogP contribution in [0.4, 0.5) is 8.78 Å². The highest BCUT2D eigenvalue weighted by Crippen LogP contribution is 1.99. The lowest BCUT2D eigenvalue weighted by molar-refractivity contribution is -0.131. The van der Waals surface area contributed by atoms with Gasteiger partial charge in [0.25, 0.3) is 6.43 Å². The van der Waals surface area contributed by atoms with Crippen LogP contribution >= 0.6 is 0 Å². The van der Waals surface area contributed by atoms with E-state index in [9.17, 15) is 13.6 Å². The predicted octanol–water partition coefficient (Wildman–Crippen LogP) is 1.25. The first-order chi connectivity index (χ1) is 8.07. The molecule has 0 atom stereocenters. The van der Waals surface area contributed by atoms with Crippen molar-refractivity contribution in [1.29, 1.82) is 0 Å². The first kappa shape index (κ1) is 16.2. The number of unbranched alkanes of at least 4 members (excludes halogenated alkanes) is 2. The van der Waals surface area contributed by atoms with Crippen molar-refractivity contribution >= 4 is 5.91 Å². The number of alkyl halides is 2. The van der Waals surface area contributed by atoms with E-state index in [1.807, 2.05) is 0 Å². The summed E-state index contributed by atoms with van der Waals surface area (Å²) in [4.78, 5) is 13.1. The van der Waals surface area contributed by atoms with E-state index in [2.05, 4.69) is 4.74 Å². The second-order valence-electron chi connectivity index (χ2n) is 3.88. The fraction of sp³-hybridized carbons (Fsp3) is 0.909. The molecule has 0 aromatic heterocycles.